The molecule has 1 unspecified atom stereocenters. The Labute approximate surface area is 118 Å². The second kappa shape index (κ2) is 5.28. The number of aryl methyl sites for hydroxylation is 1. The minimum atomic E-state index is -4.52. The summed E-state index contributed by atoms with van der Waals surface area (Å²) in [4.78, 5) is 0. The molecule has 1 atom stereocenters. The van der Waals surface area contributed by atoms with Crippen LogP contribution in [0.1, 0.15) is 22.9 Å². The van der Waals surface area contributed by atoms with E-state index in [1.165, 1.54) is 18.0 Å². The average molecular weight is 301 g/mol. The van der Waals surface area contributed by atoms with E-state index in [0.29, 0.717) is 0 Å². The predicted molar refractivity (Wildman–Crippen MR) is 69.7 cm³/mol. The summed E-state index contributed by atoms with van der Waals surface area (Å²) < 4.78 is 44.7. The zero-order valence-electron chi connectivity index (χ0n) is 11.3. The lowest BCUT2D eigenvalue weighted by Gasteiger charge is -2.17. The van der Waals surface area contributed by atoms with Crippen LogP contribution in [0.5, 0.6) is 5.75 Å². The highest BCUT2D eigenvalue weighted by Crippen LogP contribution is 2.36. The highest BCUT2D eigenvalue weighted by atomic mass is 19.4. The van der Waals surface area contributed by atoms with Gasteiger partial charge in [-0.05, 0) is 18.2 Å². The fourth-order valence-corrected chi connectivity index (χ4v) is 2.03. The van der Waals surface area contributed by atoms with E-state index in [4.69, 9.17) is 10.5 Å². The number of methoxy groups -OCH3 is 1. The van der Waals surface area contributed by atoms with Crippen LogP contribution in [0.25, 0.3) is 0 Å². The zero-order chi connectivity index (χ0) is 15.8. The van der Waals surface area contributed by atoms with E-state index < -0.39 is 17.8 Å². The number of hydrogen-bond donors (Lipinski definition) is 2. The molecule has 3 N–H and O–H groups in total. The fourth-order valence-electron chi connectivity index (χ4n) is 2.03. The molecule has 0 saturated heterocycles. The number of hydrogen-bond acceptors (Lipinski definition) is 4. The van der Waals surface area contributed by atoms with Crippen molar-refractivity contribution < 1.29 is 23.0 Å². The number of anilines is 1. The monoisotopic (exact) mass is 301 g/mol. The van der Waals surface area contributed by atoms with Crippen LogP contribution in [0.3, 0.4) is 0 Å². The molecule has 0 amide bonds. The minimum Gasteiger partial charge on any atom is -0.493 e. The van der Waals surface area contributed by atoms with Crippen molar-refractivity contribution in [2.45, 2.75) is 12.3 Å². The van der Waals surface area contributed by atoms with Gasteiger partial charge in [0.1, 0.15) is 11.8 Å². The predicted octanol–water partition coefficient (Wildman–Crippen LogP) is 2.11. The maximum Gasteiger partial charge on any atom is 0.416 e. The zero-order valence-corrected chi connectivity index (χ0v) is 11.3. The molecule has 2 rings (SSSR count). The summed E-state index contributed by atoms with van der Waals surface area (Å²) >= 11 is 0. The fraction of sp³-hybridized carbons (Fsp3) is 0.308. The van der Waals surface area contributed by atoms with Crippen molar-refractivity contribution in [2.24, 2.45) is 7.05 Å². The summed E-state index contributed by atoms with van der Waals surface area (Å²) in [6.45, 7) is 0. The Balaban J connectivity index is 2.52. The number of ether oxygens (including phenoxy) is 1. The van der Waals surface area contributed by atoms with E-state index >= 15 is 0 Å². The first-order valence-corrected chi connectivity index (χ1v) is 5.96. The van der Waals surface area contributed by atoms with Crippen molar-refractivity contribution in [1.82, 2.24) is 9.78 Å². The molecule has 1 heterocycles. The summed E-state index contributed by atoms with van der Waals surface area (Å²) in [5, 5.41) is 14.3. The van der Waals surface area contributed by atoms with Gasteiger partial charge in [0.25, 0.3) is 0 Å². The Morgan fingerprint density at radius 3 is 2.62 bits per heavy atom. The van der Waals surface area contributed by atoms with E-state index in [-0.39, 0.29) is 22.7 Å². The van der Waals surface area contributed by atoms with Crippen molar-refractivity contribution in [2.75, 3.05) is 12.8 Å². The number of halogens is 3. The molecule has 0 radical (unpaired) electrons. The largest absolute Gasteiger partial charge is 0.493 e. The van der Waals surface area contributed by atoms with Gasteiger partial charge in [-0.3, -0.25) is 4.68 Å². The molecule has 21 heavy (non-hydrogen) atoms. The maximum absolute atomic E-state index is 12.8. The van der Waals surface area contributed by atoms with Crippen molar-refractivity contribution in [3.8, 4) is 5.75 Å². The first kappa shape index (κ1) is 15.2. The Bertz CT molecular complexity index is 653. The molecule has 114 valence electrons. The van der Waals surface area contributed by atoms with Crippen LogP contribution < -0.4 is 10.5 Å². The highest BCUT2D eigenvalue weighted by Gasteiger charge is 2.32. The third kappa shape index (κ3) is 2.80. The molecule has 0 saturated carbocycles. The van der Waals surface area contributed by atoms with Crippen molar-refractivity contribution in [3.63, 3.8) is 0 Å². The number of rotatable bonds is 3. The van der Waals surface area contributed by atoms with Crippen LogP contribution in [0.4, 0.5) is 18.9 Å². The number of aliphatic hydroxyl groups excluding tert-OH is 1. The Kier molecular flexibility index (Phi) is 3.82. The molecule has 0 spiro atoms. The topological polar surface area (TPSA) is 73.3 Å². The van der Waals surface area contributed by atoms with Gasteiger partial charge in [0.05, 0.1) is 18.9 Å². The van der Waals surface area contributed by atoms with Gasteiger partial charge in [-0.25, -0.2) is 0 Å². The molecular weight excluding hydrogens is 287 g/mol. The Morgan fingerprint density at radius 2 is 2.05 bits per heavy atom. The SMILES string of the molecule is COc1cnn(C)c1C(O)c1cc(C(F)(F)F)ccc1N. The molecule has 1 aromatic carbocycles. The molecule has 5 nitrogen and oxygen atoms in total. The quantitative estimate of drug-likeness (QED) is 0.852. The van der Waals surface area contributed by atoms with Crippen molar-refractivity contribution in [3.05, 3.63) is 41.2 Å². The standard InChI is InChI=1S/C13H14F3N3O2/c1-19-11(10(21-2)6-18-19)12(20)8-5-7(13(14,15)16)3-4-9(8)17/h3-6,12,20H,17H2,1-2H3. The van der Waals surface area contributed by atoms with Gasteiger partial charge < -0.3 is 15.6 Å². The number of aromatic nitrogens is 2. The van der Waals surface area contributed by atoms with Crippen LogP contribution in [-0.2, 0) is 13.2 Å². The second-order valence-electron chi connectivity index (χ2n) is 4.47. The van der Waals surface area contributed by atoms with Crippen LogP contribution in [-0.4, -0.2) is 22.0 Å². The Hall–Kier alpha value is -2.22. The Morgan fingerprint density at radius 1 is 1.38 bits per heavy atom. The summed E-state index contributed by atoms with van der Waals surface area (Å²) in [7, 11) is 2.92. The smallest absolute Gasteiger partial charge is 0.416 e. The van der Waals surface area contributed by atoms with Crippen LogP contribution in [0, 0.1) is 0 Å². The number of aliphatic hydroxyl groups is 1. The molecule has 0 fully saturated rings. The lowest BCUT2D eigenvalue weighted by Crippen LogP contribution is -2.12. The molecule has 0 aliphatic rings. The van der Waals surface area contributed by atoms with Crippen LogP contribution in [0.2, 0.25) is 0 Å². The molecule has 1 aromatic heterocycles. The number of nitrogens with zero attached hydrogens (tertiary/aromatic N) is 2. The van der Waals surface area contributed by atoms with E-state index in [2.05, 4.69) is 5.10 Å². The summed E-state index contributed by atoms with van der Waals surface area (Å²) in [6.07, 6.45) is -4.53. The first-order valence-electron chi connectivity index (χ1n) is 5.96. The minimum absolute atomic E-state index is 0.0493. The lowest BCUT2D eigenvalue weighted by molar-refractivity contribution is -0.137. The number of alkyl halides is 3. The normalized spacial score (nSPS) is 13.2. The van der Waals surface area contributed by atoms with E-state index in [1.54, 1.807) is 7.05 Å². The van der Waals surface area contributed by atoms with E-state index in [1.807, 2.05) is 0 Å². The second-order valence-corrected chi connectivity index (χ2v) is 4.47. The molecule has 2 aromatic rings. The summed E-state index contributed by atoms with van der Waals surface area (Å²) in [5.41, 5.74) is 5.03. The molecule has 0 aliphatic carbocycles. The van der Waals surface area contributed by atoms with Gasteiger partial charge in [-0.2, -0.15) is 18.3 Å². The van der Waals surface area contributed by atoms with Gasteiger partial charge in [0.2, 0.25) is 0 Å². The lowest BCUT2D eigenvalue weighted by atomic mass is 10.0. The highest BCUT2D eigenvalue weighted by molar-refractivity contribution is 5.53. The van der Waals surface area contributed by atoms with E-state index in [0.717, 1.165) is 18.2 Å². The molecular formula is C13H14F3N3O2. The van der Waals surface area contributed by atoms with Gasteiger partial charge in [-0.1, -0.05) is 0 Å². The van der Waals surface area contributed by atoms with Crippen molar-refractivity contribution in [1.29, 1.82) is 0 Å². The maximum atomic E-state index is 12.8. The third-order valence-corrected chi connectivity index (χ3v) is 3.14. The van der Waals surface area contributed by atoms with Crippen molar-refractivity contribution >= 4 is 5.69 Å². The van der Waals surface area contributed by atoms with E-state index in [9.17, 15) is 18.3 Å². The first-order chi connectivity index (χ1) is 9.75. The molecule has 0 aliphatic heterocycles. The van der Waals surface area contributed by atoms with Gasteiger partial charge in [-0.15, -0.1) is 0 Å². The third-order valence-electron chi connectivity index (χ3n) is 3.14. The number of nitrogens with two attached hydrogens (primary N) is 1. The average Bonchev–Trinajstić information content (AvgIpc) is 2.78. The molecule has 0 bridgehead atoms. The summed E-state index contributed by atoms with van der Waals surface area (Å²) in [5.74, 6) is 0.266. The van der Waals surface area contributed by atoms with Crippen LogP contribution >= 0.6 is 0 Å². The van der Waals surface area contributed by atoms with Gasteiger partial charge in [0.15, 0.2) is 5.75 Å². The number of nitrogen functional groups attached to an aromatic ring is 1. The van der Waals surface area contributed by atoms with Gasteiger partial charge in [0, 0.05) is 18.3 Å². The number of benzene rings is 1. The summed E-state index contributed by atoms with van der Waals surface area (Å²) in [6, 6.07) is 2.81. The van der Waals surface area contributed by atoms with Gasteiger partial charge >= 0.3 is 6.18 Å². The molecule has 8 heteroatoms. The van der Waals surface area contributed by atoms with Crippen LogP contribution in [0.15, 0.2) is 24.4 Å².